The number of rotatable bonds is 7. The maximum Gasteiger partial charge on any atom is 0.247 e. The second-order valence-electron chi connectivity index (χ2n) is 10.0. The fourth-order valence-electron chi connectivity index (χ4n) is 6.25. The molecule has 3 aliphatic rings. The molecule has 1 amide bonds. The molecule has 6 rings (SSSR count). The summed E-state index contributed by atoms with van der Waals surface area (Å²) in [5, 5.41) is 14.3. The van der Waals surface area contributed by atoms with E-state index in [1.54, 1.807) is 18.3 Å². The van der Waals surface area contributed by atoms with Crippen molar-refractivity contribution in [3.05, 3.63) is 60.5 Å². The molecule has 3 N–H and O–H groups in total. The number of fused-ring (bicyclic) bond motifs is 1. The summed E-state index contributed by atoms with van der Waals surface area (Å²) in [4.78, 5) is 20.5. The van der Waals surface area contributed by atoms with Gasteiger partial charge in [0.15, 0.2) is 5.82 Å². The van der Waals surface area contributed by atoms with Crippen LogP contribution in [-0.2, 0) is 4.79 Å². The molecule has 35 heavy (non-hydrogen) atoms. The fourth-order valence-corrected chi connectivity index (χ4v) is 6.39. The van der Waals surface area contributed by atoms with Gasteiger partial charge in [0.05, 0.1) is 24.1 Å². The molecule has 1 aromatic carbocycles. The number of anilines is 5. The van der Waals surface area contributed by atoms with E-state index in [0.717, 1.165) is 35.0 Å². The van der Waals surface area contributed by atoms with Gasteiger partial charge in [-0.3, -0.25) is 9.48 Å². The molecule has 0 radical (unpaired) electrons. The van der Waals surface area contributed by atoms with Crippen molar-refractivity contribution in [2.24, 2.45) is 23.7 Å². The Labute approximate surface area is 209 Å². The third-order valence-electron chi connectivity index (χ3n) is 7.79. The zero-order chi connectivity index (χ0) is 23.9. The summed E-state index contributed by atoms with van der Waals surface area (Å²) in [5.74, 6) is 4.35. The van der Waals surface area contributed by atoms with Gasteiger partial charge in [0, 0.05) is 17.6 Å². The van der Waals surface area contributed by atoms with Crippen LogP contribution < -0.4 is 16.0 Å². The van der Waals surface area contributed by atoms with E-state index in [-0.39, 0.29) is 5.91 Å². The Bertz CT molecular complexity index is 1270. The molecule has 2 heterocycles. The first-order chi connectivity index (χ1) is 17.0. The molecule has 2 aromatic heterocycles. The van der Waals surface area contributed by atoms with Crippen molar-refractivity contribution >= 4 is 46.3 Å². The lowest BCUT2D eigenvalue weighted by Gasteiger charge is -2.42. The number of benzene rings is 1. The molecule has 3 aromatic rings. The average Bonchev–Trinajstić information content (AvgIpc) is 3.37. The number of aromatic nitrogens is 4. The third-order valence-corrected chi connectivity index (χ3v) is 8.07. The van der Waals surface area contributed by atoms with Gasteiger partial charge < -0.3 is 16.0 Å². The minimum Gasteiger partial charge on any atom is -0.339 e. The molecule has 3 saturated carbocycles. The number of hydrogen-bond donors (Lipinski definition) is 3. The lowest BCUT2D eigenvalue weighted by atomic mass is 9.64. The monoisotopic (exact) mass is 489 g/mol. The molecule has 0 spiro atoms. The van der Waals surface area contributed by atoms with Crippen molar-refractivity contribution in [3.8, 4) is 0 Å². The van der Waals surface area contributed by atoms with Crippen molar-refractivity contribution < 1.29 is 4.79 Å². The van der Waals surface area contributed by atoms with Crippen molar-refractivity contribution in [3.63, 3.8) is 0 Å². The molecule has 0 aliphatic heterocycles. The Morgan fingerprint density at radius 1 is 1.06 bits per heavy atom. The first-order valence-corrected chi connectivity index (χ1v) is 12.6. The van der Waals surface area contributed by atoms with Crippen LogP contribution >= 0.6 is 11.6 Å². The number of carbonyl (C=O) groups is 1. The Morgan fingerprint density at radius 3 is 2.80 bits per heavy atom. The van der Waals surface area contributed by atoms with Crippen LogP contribution in [0.5, 0.6) is 0 Å². The number of nitrogens with zero attached hydrogens (tertiary/aromatic N) is 4. The van der Waals surface area contributed by atoms with E-state index in [9.17, 15) is 4.79 Å². The summed E-state index contributed by atoms with van der Waals surface area (Å²) < 4.78 is 2.13. The molecule has 3 fully saturated rings. The van der Waals surface area contributed by atoms with Crippen LogP contribution in [0.3, 0.4) is 0 Å². The molecular weight excluding hydrogens is 462 g/mol. The maximum atomic E-state index is 11.6. The van der Waals surface area contributed by atoms with Gasteiger partial charge in [0.1, 0.15) is 5.02 Å². The average molecular weight is 490 g/mol. The van der Waals surface area contributed by atoms with Crippen LogP contribution in [0, 0.1) is 23.7 Å². The lowest BCUT2D eigenvalue weighted by Crippen LogP contribution is -2.34. The van der Waals surface area contributed by atoms with Crippen molar-refractivity contribution in [2.75, 3.05) is 16.0 Å². The largest absolute Gasteiger partial charge is 0.339 e. The second kappa shape index (κ2) is 9.00. The summed E-state index contributed by atoms with van der Waals surface area (Å²) in [7, 11) is 0. The smallest absolute Gasteiger partial charge is 0.247 e. The Hall–Kier alpha value is -3.39. The SMILES string of the molecule is C=CC(=O)Nc1cccc(Nc2nc(Nc3cnn(C4CC5CC6CC(C4)C6C5)c3)ncc2Cl)c1. The number of hydrogen-bond acceptors (Lipinski definition) is 6. The molecule has 2 bridgehead atoms. The highest BCUT2D eigenvalue weighted by atomic mass is 35.5. The third kappa shape index (κ3) is 4.50. The highest BCUT2D eigenvalue weighted by molar-refractivity contribution is 6.32. The zero-order valence-electron chi connectivity index (χ0n) is 19.3. The summed E-state index contributed by atoms with van der Waals surface area (Å²) in [6.45, 7) is 3.47. The van der Waals surface area contributed by atoms with E-state index in [1.165, 1.54) is 38.2 Å². The topological polar surface area (TPSA) is 96.8 Å². The van der Waals surface area contributed by atoms with Crippen molar-refractivity contribution in [1.29, 1.82) is 0 Å². The van der Waals surface area contributed by atoms with Gasteiger partial charge in [0.2, 0.25) is 11.9 Å². The van der Waals surface area contributed by atoms with Crippen LogP contribution in [0.15, 0.2) is 55.5 Å². The van der Waals surface area contributed by atoms with Crippen LogP contribution in [0.2, 0.25) is 5.02 Å². The minimum absolute atomic E-state index is 0.275. The van der Waals surface area contributed by atoms with Gasteiger partial charge in [-0.2, -0.15) is 10.1 Å². The van der Waals surface area contributed by atoms with Gasteiger partial charge in [0.25, 0.3) is 0 Å². The summed E-state index contributed by atoms with van der Waals surface area (Å²) in [6.07, 6.45) is 13.4. The molecule has 8 nitrogen and oxygen atoms in total. The molecule has 5 unspecified atom stereocenters. The molecule has 5 atom stereocenters. The van der Waals surface area contributed by atoms with Crippen LogP contribution in [0.4, 0.5) is 28.8 Å². The Balaban J connectivity index is 1.14. The molecule has 9 heteroatoms. The van der Waals surface area contributed by atoms with E-state index in [4.69, 9.17) is 11.6 Å². The van der Waals surface area contributed by atoms with Gasteiger partial charge in [-0.25, -0.2) is 4.98 Å². The quantitative estimate of drug-likeness (QED) is 0.355. The van der Waals surface area contributed by atoms with Gasteiger partial charge in [-0.05, 0) is 80.1 Å². The van der Waals surface area contributed by atoms with Crippen LogP contribution in [-0.4, -0.2) is 25.7 Å². The van der Waals surface area contributed by atoms with Crippen LogP contribution in [0.25, 0.3) is 0 Å². The zero-order valence-corrected chi connectivity index (χ0v) is 20.1. The summed E-state index contributed by atoms with van der Waals surface area (Å²) in [5.41, 5.74) is 2.22. The highest BCUT2D eigenvalue weighted by Gasteiger charge is 2.50. The standard InChI is InChI=1S/C26H28ClN7O/c1-2-24(35)30-18-4-3-5-19(11-18)31-25-23(27)13-28-26(33-25)32-20-12-29-34(14-20)21-7-15-6-16-9-17(10-21)22(16)8-15/h2-5,11-17,21-22H,1,6-10H2,(H,30,35)(H2,28,31,32,33). The van der Waals surface area contributed by atoms with E-state index in [2.05, 4.69) is 48.5 Å². The Morgan fingerprint density at radius 2 is 1.91 bits per heavy atom. The number of carbonyl (C=O) groups excluding carboxylic acids is 1. The molecular formula is C26H28ClN7O. The second-order valence-corrected chi connectivity index (χ2v) is 10.4. The summed E-state index contributed by atoms with van der Waals surface area (Å²) >= 11 is 6.35. The predicted octanol–water partition coefficient (Wildman–Crippen LogP) is 5.94. The lowest BCUT2D eigenvalue weighted by molar-refractivity contribution is -0.111. The fraction of sp³-hybridized carbons (Fsp3) is 0.385. The van der Waals surface area contributed by atoms with E-state index >= 15 is 0 Å². The Kier molecular flexibility index (Phi) is 5.68. The van der Waals surface area contributed by atoms with Gasteiger partial charge in [-0.1, -0.05) is 24.2 Å². The molecule has 3 aliphatic carbocycles. The molecule has 180 valence electrons. The number of nitrogens with one attached hydrogen (secondary N) is 3. The number of halogens is 1. The maximum absolute atomic E-state index is 11.6. The van der Waals surface area contributed by atoms with Crippen LogP contribution in [0.1, 0.15) is 38.1 Å². The van der Waals surface area contributed by atoms with Gasteiger partial charge >= 0.3 is 0 Å². The first kappa shape index (κ1) is 22.1. The highest BCUT2D eigenvalue weighted by Crippen LogP contribution is 2.60. The summed E-state index contributed by atoms with van der Waals surface area (Å²) in [6, 6.07) is 7.75. The molecule has 0 saturated heterocycles. The number of amides is 1. The minimum atomic E-state index is -0.275. The van der Waals surface area contributed by atoms with Crippen molar-refractivity contribution in [2.45, 2.75) is 38.1 Å². The van der Waals surface area contributed by atoms with E-state index < -0.39 is 0 Å². The normalized spacial score (nSPS) is 26.4. The van der Waals surface area contributed by atoms with Gasteiger partial charge in [-0.15, -0.1) is 0 Å². The van der Waals surface area contributed by atoms with Crippen molar-refractivity contribution in [1.82, 2.24) is 19.7 Å². The predicted molar refractivity (Wildman–Crippen MR) is 137 cm³/mol. The van der Waals surface area contributed by atoms with E-state index in [1.807, 2.05) is 18.3 Å². The van der Waals surface area contributed by atoms with E-state index in [0.29, 0.717) is 28.5 Å². The first-order valence-electron chi connectivity index (χ1n) is 12.2.